The molecule has 0 aliphatic carbocycles. The van der Waals surface area contributed by atoms with Crippen molar-refractivity contribution in [2.75, 3.05) is 6.61 Å². The second-order valence-electron chi connectivity index (χ2n) is 7.61. The highest BCUT2D eigenvalue weighted by Gasteiger charge is 2.30. The van der Waals surface area contributed by atoms with Gasteiger partial charge in [0.1, 0.15) is 18.7 Å². The van der Waals surface area contributed by atoms with Crippen LogP contribution in [-0.4, -0.2) is 45.0 Å². The van der Waals surface area contributed by atoms with Crippen LogP contribution in [0.1, 0.15) is 25.8 Å². The minimum absolute atomic E-state index is 0.0508. The molecule has 0 aliphatic rings. The van der Waals surface area contributed by atoms with Crippen molar-refractivity contribution in [3.05, 3.63) is 70.3 Å². The van der Waals surface area contributed by atoms with E-state index in [2.05, 4.69) is 15.0 Å². The van der Waals surface area contributed by atoms with E-state index in [-0.39, 0.29) is 17.9 Å². The molecule has 2 N–H and O–H groups in total. The summed E-state index contributed by atoms with van der Waals surface area (Å²) >= 11 is 0. The lowest BCUT2D eigenvalue weighted by Gasteiger charge is -2.22. The van der Waals surface area contributed by atoms with E-state index in [1.807, 2.05) is 0 Å². The van der Waals surface area contributed by atoms with E-state index in [1.54, 1.807) is 25.1 Å². The maximum atomic E-state index is 13.8. The predicted molar refractivity (Wildman–Crippen MR) is 116 cm³/mol. The fourth-order valence-electron chi connectivity index (χ4n) is 3.42. The summed E-state index contributed by atoms with van der Waals surface area (Å²) in [6.07, 6.45) is 0.243. The molecule has 3 aromatic rings. The average molecular weight is 509 g/mol. The van der Waals surface area contributed by atoms with Crippen molar-refractivity contribution in [1.29, 1.82) is 0 Å². The zero-order valence-electron chi connectivity index (χ0n) is 18.6. The van der Waals surface area contributed by atoms with Crippen molar-refractivity contribution in [1.82, 2.24) is 14.9 Å². The Morgan fingerprint density at radius 2 is 1.75 bits per heavy atom. The third-order valence-electron chi connectivity index (χ3n) is 5.23. The number of carboxylic acids is 1. The van der Waals surface area contributed by atoms with Crippen molar-refractivity contribution in [3.8, 4) is 5.75 Å². The SMILES string of the molecule is CCC(C(=O)NC(CC(=O)O)C(=O)COc1c(F)c(F)cc(F)c1F)n1cnc2ccccc2c1=O. The summed E-state index contributed by atoms with van der Waals surface area (Å²) in [5, 5.41) is 11.6. The monoisotopic (exact) mass is 509 g/mol. The standard InChI is InChI=1S/C23H19F4N3O6/c1-2-16(30-10-28-14-6-4-3-5-11(14)23(30)35)22(34)29-15(8-18(32)33)17(31)9-36-21-19(26)12(24)7-13(25)20(21)27/h3-7,10,15-16H,2,8-9H2,1H3,(H,29,34)(H,32,33). The van der Waals surface area contributed by atoms with Gasteiger partial charge in [-0.3, -0.25) is 23.7 Å². The van der Waals surface area contributed by atoms with Crippen LogP contribution in [0.25, 0.3) is 10.9 Å². The Morgan fingerprint density at radius 3 is 2.36 bits per heavy atom. The van der Waals surface area contributed by atoms with Crippen LogP contribution in [0.15, 0.2) is 41.5 Å². The second kappa shape index (κ2) is 11.0. The van der Waals surface area contributed by atoms with Gasteiger partial charge in [0, 0.05) is 6.07 Å². The molecule has 0 fully saturated rings. The summed E-state index contributed by atoms with van der Waals surface area (Å²) in [4.78, 5) is 53.7. The lowest BCUT2D eigenvalue weighted by Crippen LogP contribution is -2.48. The number of Topliss-reactive ketones (excluding diaryl/α,β-unsaturated/α-hetero) is 1. The molecule has 0 spiro atoms. The number of ketones is 1. The number of hydrogen-bond donors (Lipinski definition) is 2. The average Bonchev–Trinajstić information content (AvgIpc) is 2.84. The molecule has 0 bridgehead atoms. The Balaban J connectivity index is 1.82. The highest BCUT2D eigenvalue weighted by Crippen LogP contribution is 2.26. The van der Waals surface area contributed by atoms with Crippen molar-refractivity contribution in [2.24, 2.45) is 0 Å². The van der Waals surface area contributed by atoms with E-state index in [0.717, 1.165) is 10.9 Å². The normalized spacial score (nSPS) is 12.7. The van der Waals surface area contributed by atoms with Gasteiger partial charge in [0.25, 0.3) is 5.56 Å². The Kier molecular flexibility index (Phi) is 8.02. The Labute approximate surface area is 200 Å². The zero-order chi connectivity index (χ0) is 26.6. The van der Waals surface area contributed by atoms with Crippen molar-refractivity contribution >= 4 is 28.6 Å². The van der Waals surface area contributed by atoms with E-state index < -0.39 is 77.3 Å². The van der Waals surface area contributed by atoms with Gasteiger partial charge in [0.05, 0.1) is 23.7 Å². The molecule has 2 unspecified atom stereocenters. The Hall–Kier alpha value is -4.29. The number of nitrogens with zero attached hydrogens (tertiary/aromatic N) is 2. The van der Waals surface area contributed by atoms with Gasteiger partial charge in [-0.05, 0) is 18.6 Å². The summed E-state index contributed by atoms with van der Waals surface area (Å²) < 4.78 is 59.9. The number of fused-ring (bicyclic) bond motifs is 1. The molecule has 1 heterocycles. The van der Waals surface area contributed by atoms with Gasteiger partial charge in [-0.15, -0.1) is 0 Å². The first-order chi connectivity index (χ1) is 17.0. The quantitative estimate of drug-likeness (QED) is 0.318. The number of aromatic nitrogens is 2. The van der Waals surface area contributed by atoms with Crippen LogP contribution in [-0.2, 0) is 14.4 Å². The molecular formula is C23H19F4N3O6. The first-order valence-corrected chi connectivity index (χ1v) is 10.5. The number of carbonyl (C=O) groups is 3. The topological polar surface area (TPSA) is 128 Å². The van der Waals surface area contributed by atoms with Crippen molar-refractivity contribution < 1.29 is 41.8 Å². The zero-order valence-corrected chi connectivity index (χ0v) is 18.6. The summed E-state index contributed by atoms with van der Waals surface area (Å²) in [7, 11) is 0. The fourth-order valence-corrected chi connectivity index (χ4v) is 3.42. The number of halogens is 4. The molecule has 0 saturated heterocycles. The molecule has 1 aromatic heterocycles. The molecule has 3 rings (SSSR count). The van der Waals surface area contributed by atoms with E-state index >= 15 is 0 Å². The molecule has 36 heavy (non-hydrogen) atoms. The highest BCUT2D eigenvalue weighted by molar-refractivity contribution is 5.93. The molecule has 1 amide bonds. The lowest BCUT2D eigenvalue weighted by molar-refractivity contribution is -0.140. The summed E-state index contributed by atoms with van der Waals surface area (Å²) in [5.74, 6) is -12.4. The number of ether oxygens (including phenoxy) is 1. The number of aliphatic carboxylic acids is 1. The van der Waals surface area contributed by atoms with Crippen LogP contribution in [0.5, 0.6) is 5.75 Å². The minimum Gasteiger partial charge on any atom is -0.481 e. The first kappa shape index (κ1) is 26.3. The Bertz CT molecular complexity index is 1370. The van der Waals surface area contributed by atoms with Crippen molar-refractivity contribution in [3.63, 3.8) is 0 Å². The number of hydrogen-bond acceptors (Lipinski definition) is 6. The predicted octanol–water partition coefficient (Wildman–Crippen LogP) is 2.51. The van der Waals surface area contributed by atoms with Crippen LogP contribution < -0.4 is 15.6 Å². The fraction of sp³-hybridized carbons (Fsp3) is 0.261. The molecule has 0 saturated carbocycles. The molecule has 2 atom stereocenters. The highest BCUT2D eigenvalue weighted by atomic mass is 19.2. The molecule has 0 radical (unpaired) electrons. The molecule has 2 aromatic carbocycles. The number of nitrogens with one attached hydrogen (secondary N) is 1. The van der Waals surface area contributed by atoms with Crippen LogP contribution in [0.4, 0.5) is 17.6 Å². The summed E-state index contributed by atoms with van der Waals surface area (Å²) in [6.45, 7) is 0.344. The number of para-hydroxylation sites is 1. The van der Waals surface area contributed by atoms with E-state index in [1.165, 1.54) is 6.07 Å². The largest absolute Gasteiger partial charge is 0.481 e. The molecule has 0 aliphatic heterocycles. The number of carbonyl (C=O) groups excluding carboxylic acids is 2. The molecule has 13 heteroatoms. The van der Waals surface area contributed by atoms with Gasteiger partial charge in [-0.25, -0.2) is 13.8 Å². The van der Waals surface area contributed by atoms with Gasteiger partial charge in [-0.2, -0.15) is 8.78 Å². The molecular weight excluding hydrogens is 490 g/mol. The number of benzene rings is 2. The van der Waals surface area contributed by atoms with Crippen LogP contribution in [0, 0.1) is 23.3 Å². The van der Waals surface area contributed by atoms with E-state index in [4.69, 9.17) is 5.11 Å². The summed E-state index contributed by atoms with van der Waals surface area (Å²) in [6, 6.07) is 3.39. The molecule has 190 valence electrons. The van der Waals surface area contributed by atoms with E-state index in [0.29, 0.717) is 5.52 Å². The lowest BCUT2D eigenvalue weighted by atomic mass is 10.1. The van der Waals surface area contributed by atoms with Crippen LogP contribution >= 0.6 is 0 Å². The second-order valence-corrected chi connectivity index (χ2v) is 7.61. The van der Waals surface area contributed by atoms with Gasteiger partial charge < -0.3 is 15.2 Å². The third-order valence-corrected chi connectivity index (χ3v) is 5.23. The minimum atomic E-state index is -1.89. The number of amides is 1. The van der Waals surface area contributed by atoms with Gasteiger partial charge in [0.15, 0.2) is 23.2 Å². The first-order valence-electron chi connectivity index (χ1n) is 10.5. The van der Waals surface area contributed by atoms with Gasteiger partial charge in [-0.1, -0.05) is 19.1 Å². The third kappa shape index (κ3) is 5.50. The molecule has 9 nitrogen and oxygen atoms in total. The maximum Gasteiger partial charge on any atom is 0.305 e. The maximum absolute atomic E-state index is 13.8. The Morgan fingerprint density at radius 1 is 1.11 bits per heavy atom. The number of rotatable bonds is 10. The van der Waals surface area contributed by atoms with Crippen molar-refractivity contribution in [2.45, 2.75) is 31.8 Å². The van der Waals surface area contributed by atoms with Crippen LogP contribution in [0.2, 0.25) is 0 Å². The number of carboxylic acid groups (broad SMARTS) is 1. The smallest absolute Gasteiger partial charge is 0.305 e. The van der Waals surface area contributed by atoms with E-state index in [9.17, 15) is 36.7 Å². The van der Waals surface area contributed by atoms with Gasteiger partial charge >= 0.3 is 5.97 Å². The van der Waals surface area contributed by atoms with Gasteiger partial charge in [0.2, 0.25) is 17.5 Å². The summed E-state index contributed by atoms with van der Waals surface area (Å²) in [5.41, 5.74) is -0.163. The van der Waals surface area contributed by atoms with Crippen LogP contribution in [0.3, 0.4) is 0 Å².